The predicted octanol–water partition coefficient (Wildman–Crippen LogP) is 3.84. The topological polar surface area (TPSA) is 64.6 Å². The fourth-order valence-electron chi connectivity index (χ4n) is 7.81. The number of rotatable bonds is 4. The first-order chi connectivity index (χ1) is 13.9. The van der Waals surface area contributed by atoms with Gasteiger partial charge in [-0.3, -0.25) is 9.59 Å². The molecule has 5 heteroatoms. The largest absolute Gasteiger partial charge is 0.466 e. The molecular formula is C24H37NO4. The van der Waals surface area contributed by atoms with Crippen LogP contribution in [0.3, 0.4) is 0 Å². The molecule has 1 saturated heterocycles. The van der Waals surface area contributed by atoms with E-state index in [0.717, 1.165) is 32.1 Å². The van der Waals surface area contributed by atoms with E-state index in [-0.39, 0.29) is 34.7 Å². The maximum absolute atomic E-state index is 13.1. The van der Waals surface area contributed by atoms with Gasteiger partial charge in [0.25, 0.3) is 0 Å². The maximum atomic E-state index is 13.1. The Labute approximate surface area is 174 Å². The van der Waals surface area contributed by atoms with Crippen molar-refractivity contribution in [2.75, 3.05) is 6.61 Å². The Kier molecular flexibility index (Phi) is 4.76. The zero-order valence-electron chi connectivity index (χ0n) is 18.2. The summed E-state index contributed by atoms with van der Waals surface area (Å²) in [6, 6.07) is 0.101. The highest BCUT2D eigenvalue weighted by atomic mass is 16.5. The predicted molar refractivity (Wildman–Crippen MR) is 109 cm³/mol. The van der Waals surface area contributed by atoms with Gasteiger partial charge in [0.05, 0.1) is 24.7 Å². The van der Waals surface area contributed by atoms with Crippen LogP contribution in [0.15, 0.2) is 0 Å². The van der Waals surface area contributed by atoms with Crippen molar-refractivity contribution in [2.45, 2.75) is 96.8 Å². The molecule has 0 bridgehead atoms. The van der Waals surface area contributed by atoms with Crippen LogP contribution < -0.4 is 5.32 Å². The van der Waals surface area contributed by atoms with Crippen LogP contribution in [0.2, 0.25) is 0 Å². The summed E-state index contributed by atoms with van der Waals surface area (Å²) in [6.45, 7) is 7.14. The van der Waals surface area contributed by atoms with Crippen LogP contribution in [0.25, 0.3) is 0 Å². The zero-order chi connectivity index (χ0) is 20.4. The molecule has 1 heterocycles. The van der Waals surface area contributed by atoms with Gasteiger partial charge in [-0.25, -0.2) is 0 Å². The van der Waals surface area contributed by atoms with E-state index in [0.29, 0.717) is 43.0 Å². The molecule has 0 aromatic rings. The molecule has 0 radical (unpaired) electrons. The van der Waals surface area contributed by atoms with Gasteiger partial charge in [-0.15, -0.1) is 0 Å². The third kappa shape index (κ3) is 3.05. The Morgan fingerprint density at radius 3 is 2.55 bits per heavy atom. The summed E-state index contributed by atoms with van der Waals surface area (Å²) >= 11 is 0. The lowest BCUT2D eigenvalue weighted by Crippen LogP contribution is -2.64. The Hall–Kier alpha value is -1.10. The number of hydrogen-bond donors (Lipinski definition) is 1. The number of hydrogen-bond acceptors (Lipinski definition) is 4. The molecule has 5 nitrogen and oxygen atoms in total. The number of carbonyl (C=O) groups excluding carboxylic acids is 2. The molecule has 3 unspecified atom stereocenters. The second-order valence-corrected chi connectivity index (χ2v) is 11.0. The molecule has 0 spiro atoms. The van der Waals surface area contributed by atoms with Crippen molar-refractivity contribution in [3.8, 4) is 0 Å². The van der Waals surface area contributed by atoms with Gasteiger partial charge in [0.1, 0.15) is 0 Å². The van der Waals surface area contributed by atoms with E-state index in [1.54, 1.807) is 0 Å². The maximum Gasteiger partial charge on any atom is 0.309 e. The summed E-state index contributed by atoms with van der Waals surface area (Å²) in [5.41, 5.74) is 0.272. The molecule has 1 aliphatic heterocycles. The third-order valence-corrected chi connectivity index (χ3v) is 9.54. The molecule has 4 saturated carbocycles. The molecule has 0 aromatic heterocycles. The van der Waals surface area contributed by atoms with Gasteiger partial charge in [-0.2, -0.15) is 0 Å². The fraction of sp³-hybridized carbons (Fsp3) is 0.917. The van der Waals surface area contributed by atoms with Crippen LogP contribution >= 0.6 is 0 Å². The third-order valence-electron chi connectivity index (χ3n) is 9.54. The monoisotopic (exact) mass is 403 g/mol. The number of esters is 1. The molecule has 1 amide bonds. The summed E-state index contributed by atoms with van der Waals surface area (Å²) in [7, 11) is 0. The van der Waals surface area contributed by atoms with Crippen molar-refractivity contribution in [1.29, 1.82) is 0 Å². The number of carbonyl (C=O) groups is 2. The zero-order valence-corrected chi connectivity index (χ0v) is 18.2. The highest BCUT2D eigenvalue weighted by Gasteiger charge is 2.64. The van der Waals surface area contributed by atoms with Crippen LogP contribution in [0.4, 0.5) is 0 Å². The average molecular weight is 404 g/mol. The highest BCUT2D eigenvalue weighted by Crippen LogP contribution is 2.66. The minimum atomic E-state index is -0.0966. The molecule has 8 atom stereocenters. The lowest BCUT2D eigenvalue weighted by molar-refractivity contribution is -0.176. The normalized spacial score (nSPS) is 48.9. The molecule has 162 valence electrons. The van der Waals surface area contributed by atoms with E-state index in [1.807, 2.05) is 6.92 Å². The summed E-state index contributed by atoms with van der Waals surface area (Å²) in [5.74, 6) is 1.37. The number of amides is 1. The van der Waals surface area contributed by atoms with Crippen LogP contribution in [0.1, 0.15) is 78.6 Å². The van der Waals surface area contributed by atoms with E-state index >= 15 is 0 Å². The smallest absolute Gasteiger partial charge is 0.309 e. The van der Waals surface area contributed by atoms with E-state index < -0.39 is 0 Å². The Morgan fingerprint density at radius 2 is 1.83 bits per heavy atom. The number of fused-ring (bicyclic) bond motifs is 5. The Morgan fingerprint density at radius 1 is 1.07 bits per heavy atom. The van der Waals surface area contributed by atoms with Crippen molar-refractivity contribution in [1.82, 2.24) is 5.32 Å². The molecule has 5 rings (SSSR count). The second kappa shape index (κ2) is 6.96. The summed E-state index contributed by atoms with van der Waals surface area (Å²) in [6.07, 6.45) is 10.2. The lowest BCUT2D eigenvalue weighted by atomic mass is 9.45. The van der Waals surface area contributed by atoms with Gasteiger partial charge in [-0.1, -0.05) is 13.8 Å². The van der Waals surface area contributed by atoms with Crippen molar-refractivity contribution in [3.63, 3.8) is 0 Å². The van der Waals surface area contributed by atoms with Crippen LogP contribution in [0.5, 0.6) is 0 Å². The van der Waals surface area contributed by atoms with Crippen molar-refractivity contribution in [2.24, 2.45) is 34.5 Å². The SMILES string of the molecule is CCOC(=O)C1CC2NC(=O)CC[C@]2(C)[C@@H]2CC[C@]3(C)C(OC4CC4)CC[C@H]3[C@H]12. The van der Waals surface area contributed by atoms with Crippen molar-refractivity contribution in [3.05, 3.63) is 0 Å². The van der Waals surface area contributed by atoms with Gasteiger partial charge >= 0.3 is 5.97 Å². The Balaban J connectivity index is 1.48. The van der Waals surface area contributed by atoms with Gasteiger partial charge in [-0.05, 0) is 86.9 Å². The van der Waals surface area contributed by atoms with Gasteiger partial charge in [0.15, 0.2) is 0 Å². The average Bonchev–Trinajstić information content (AvgIpc) is 3.44. The molecule has 5 fully saturated rings. The first-order valence-electron chi connectivity index (χ1n) is 12.0. The number of ether oxygens (including phenoxy) is 2. The van der Waals surface area contributed by atoms with Crippen LogP contribution in [-0.4, -0.2) is 36.7 Å². The first-order valence-corrected chi connectivity index (χ1v) is 12.0. The summed E-state index contributed by atoms with van der Waals surface area (Å²) in [5, 5.41) is 3.26. The van der Waals surface area contributed by atoms with Gasteiger partial charge in [0, 0.05) is 12.5 Å². The summed E-state index contributed by atoms with van der Waals surface area (Å²) in [4.78, 5) is 25.3. The minimum absolute atomic E-state index is 0.0415. The highest BCUT2D eigenvalue weighted by molar-refractivity contribution is 5.78. The molecule has 4 aliphatic carbocycles. The Bertz CT molecular complexity index is 690. The molecule has 29 heavy (non-hydrogen) atoms. The van der Waals surface area contributed by atoms with Crippen LogP contribution in [0, 0.1) is 34.5 Å². The van der Waals surface area contributed by atoms with E-state index in [2.05, 4.69) is 19.2 Å². The number of nitrogens with one attached hydrogen (secondary N) is 1. The van der Waals surface area contributed by atoms with E-state index in [1.165, 1.54) is 19.3 Å². The van der Waals surface area contributed by atoms with Crippen molar-refractivity contribution < 1.29 is 19.1 Å². The first kappa shape index (κ1) is 19.8. The number of piperidine rings is 1. The molecule has 0 aromatic carbocycles. The van der Waals surface area contributed by atoms with E-state index in [4.69, 9.17) is 9.47 Å². The second-order valence-electron chi connectivity index (χ2n) is 11.0. The summed E-state index contributed by atoms with van der Waals surface area (Å²) < 4.78 is 12.1. The van der Waals surface area contributed by atoms with E-state index in [9.17, 15) is 9.59 Å². The molecular weight excluding hydrogens is 366 g/mol. The van der Waals surface area contributed by atoms with Gasteiger partial charge in [0.2, 0.25) is 5.91 Å². The molecule has 5 aliphatic rings. The quantitative estimate of drug-likeness (QED) is 0.724. The standard InChI is InChI=1S/C24H37NO4/c1-4-28-22(27)15-13-18-23(2,12-10-20(26)25-18)17-9-11-24(3)16(21(15)17)7-8-19(24)29-14-5-6-14/h14-19,21H,4-13H2,1-3H3,(H,25,26)/t15?,16-,17+,18?,19?,21-,23+,24-/m0/s1. The van der Waals surface area contributed by atoms with Crippen LogP contribution in [-0.2, 0) is 19.1 Å². The fourth-order valence-corrected chi connectivity index (χ4v) is 7.81. The van der Waals surface area contributed by atoms with Gasteiger partial charge < -0.3 is 14.8 Å². The lowest BCUT2D eigenvalue weighted by Gasteiger charge is -2.61. The van der Waals surface area contributed by atoms with Crippen molar-refractivity contribution >= 4 is 11.9 Å². The minimum Gasteiger partial charge on any atom is -0.466 e. The molecule has 1 N–H and O–H groups in total.